The van der Waals surface area contributed by atoms with E-state index in [0.717, 1.165) is 31.4 Å². The molecule has 5 heteroatoms. The quantitative estimate of drug-likeness (QED) is 0.886. The Morgan fingerprint density at radius 2 is 2.20 bits per heavy atom. The number of carbonyl (C=O) groups excluding carboxylic acids is 1. The lowest BCUT2D eigenvalue weighted by Gasteiger charge is -2.28. The molecule has 1 aromatic rings. The van der Waals surface area contributed by atoms with E-state index >= 15 is 0 Å². The summed E-state index contributed by atoms with van der Waals surface area (Å²) in [5.74, 6) is 0.173. The fourth-order valence-corrected chi connectivity index (χ4v) is 2.66. The Bertz CT molecular complexity index is 468. The van der Waals surface area contributed by atoms with Gasteiger partial charge in [0, 0.05) is 6.54 Å². The van der Waals surface area contributed by atoms with Crippen LogP contribution in [-0.4, -0.2) is 32.9 Å². The van der Waals surface area contributed by atoms with Crippen molar-refractivity contribution in [3.05, 3.63) is 17.5 Å². The van der Waals surface area contributed by atoms with E-state index in [9.17, 15) is 9.90 Å². The van der Waals surface area contributed by atoms with Gasteiger partial charge in [0.15, 0.2) is 0 Å². The molecule has 1 aromatic heterocycles. The first-order valence-electron chi connectivity index (χ1n) is 7.59. The monoisotopic (exact) mass is 279 g/mol. The zero-order valence-electron chi connectivity index (χ0n) is 12.6. The summed E-state index contributed by atoms with van der Waals surface area (Å²) in [6, 6.07) is 1.73. The summed E-state index contributed by atoms with van der Waals surface area (Å²) in [4.78, 5) is 12.4. The van der Waals surface area contributed by atoms with Crippen molar-refractivity contribution in [1.82, 2.24) is 15.1 Å². The number of aliphatic hydroxyl groups excluding tert-OH is 1. The van der Waals surface area contributed by atoms with E-state index in [-0.39, 0.29) is 11.9 Å². The Morgan fingerprint density at radius 1 is 1.50 bits per heavy atom. The average Bonchev–Trinajstić information content (AvgIpc) is 2.85. The molecule has 0 spiro atoms. The van der Waals surface area contributed by atoms with Crippen LogP contribution >= 0.6 is 0 Å². The smallest absolute Gasteiger partial charge is 0.269 e. The SMILES string of the molecule is CCn1nc(C(C)C)cc1C(=O)N[C@@H]1CCCC[C@H]1O. The van der Waals surface area contributed by atoms with Crippen molar-refractivity contribution in [2.24, 2.45) is 0 Å². The fraction of sp³-hybridized carbons (Fsp3) is 0.733. The molecule has 0 aliphatic heterocycles. The minimum absolute atomic E-state index is 0.126. The molecule has 1 aliphatic rings. The Kier molecular flexibility index (Phi) is 4.81. The maximum Gasteiger partial charge on any atom is 0.269 e. The average molecular weight is 279 g/mol. The zero-order valence-corrected chi connectivity index (χ0v) is 12.6. The molecule has 0 bridgehead atoms. The van der Waals surface area contributed by atoms with Gasteiger partial charge in [0.1, 0.15) is 5.69 Å². The molecule has 1 fully saturated rings. The predicted octanol–water partition coefficient (Wildman–Crippen LogP) is 2.06. The van der Waals surface area contributed by atoms with E-state index in [1.807, 2.05) is 13.0 Å². The van der Waals surface area contributed by atoms with Gasteiger partial charge >= 0.3 is 0 Å². The molecule has 2 atom stereocenters. The second-order valence-corrected chi connectivity index (χ2v) is 5.86. The van der Waals surface area contributed by atoms with Gasteiger partial charge in [-0.2, -0.15) is 5.10 Å². The molecule has 1 saturated carbocycles. The second-order valence-electron chi connectivity index (χ2n) is 5.86. The van der Waals surface area contributed by atoms with Crippen molar-refractivity contribution < 1.29 is 9.90 Å². The van der Waals surface area contributed by atoms with E-state index in [1.54, 1.807) is 4.68 Å². The third kappa shape index (κ3) is 3.20. The van der Waals surface area contributed by atoms with Crippen LogP contribution in [0.25, 0.3) is 0 Å². The number of hydrogen-bond acceptors (Lipinski definition) is 3. The van der Waals surface area contributed by atoms with E-state index < -0.39 is 6.10 Å². The largest absolute Gasteiger partial charge is 0.391 e. The van der Waals surface area contributed by atoms with Crippen LogP contribution in [-0.2, 0) is 6.54 Å². The van der Waals surface area contributed by atoms with Crippen molar-refractivity contribution in [1.29, 1.82) is 0 Å². The Labute approximate surface area is 120 Å². The lowest BCUT2D eigenvalue weighted by Crippen LogP contribution is -2.45. The molecule has 1 aliphatic carbocycles. The lowest BCUT2D eigenvalue weighted by molar-refractivity contribution is 0.0710. The number of nitrogens with zero attached hydrogens (tertiary/aromatic N) is 2. The van der Waals surface area contributed by atoms with Crippen molar-refractivity contribution in [2.45, 2.75) is 71.1 Å². The van der Waals surface area contributed by atoms with Crippen LogP contribution < -0.4 is 5.32 Å². The van der Waals surface area contributed by atoms with Crippen LogP contribution in [0.2, 0.25) is 0 Å². The molecule has 5 nitrogen and oxygen atoms in total. The highest BCUT2D eigenvalue weighted by Gasteiger charge is 2.26. The number of hydrogen-bond donors (Lipinski definition) is 2. The second kappa shape index (κ2) is 6.39. The first kappa shape index (κ1) is 15.0. The van der Waals surface area contributed by atoms with Gasteiger partial charge in [0.2, 0.25) is 0 Å². The molecule has 0 radical (unpaired) electrons. The number of aryl methyl sites for hydroxylation is 1. The molecule has 0 saturated heterocycles. The third-order valence-electron chi connectivity index (χ3n) is 3.97. The van der Waals surface area contributed by atoms with E-state index in [2.05, 4.69) is 24.3 Å². The summed E-state index contributed by atoms with van der Waals surface area (Å²) >= 11 is 0. The van der Waals surface area contributed by atoms with Gasteiger partial charge in [-0.05, 0) is 31.7 Å². The summed E-state index contributed by atoms with van der Waals surface area (Å²) in [7, 11) is 0. The Morgan fingerprint density at radius 3 is 2.80 bits per heavy atom. The fourth-order valence-electron chi connectivity index (χ4n) is 2.66. The maximum atomic E-state index is 12.4. The van der Waals surface area contributed by atoms with Gasteiger partial charge in [-0.3, -0.25) is 9.48 Å². The molecule has 20 heavy (non-hydrogen) atoms. The number of carbonyl (C=O) groups is 1. The molecule has 0 unspecified atom stereocenters. The van der Waals surface area contributed by atoms with Crippen molar-refractivity contribution in [2.75, 3.05) is 0 Å². The molecular formula is C15H25N3O2. The summed E-state index contributed by atoms with van der Waals surface area (Å²) in [5, 5.41) is 17.4. The molecule has 1 amide bonds. The highest BCUT2D eigenvalue weighted by Crippen LogP contribution is 2.19. The summed E-state index contributed by atoms with van der Waals surface area (Å²) < 4.78 is 1.74. The van der Waals surface area contributed by atoms with Gasteiger partial charge in [0.05, 0.1) is 17.8 Å². The Hall–Kier alpha value is -1.36. The highest BCUT2D eigenvalue weighted by molar-refractivity contribution is 5.93. The molecule has 1 heterocycles. The van der Waals surface area contributed by atoms with Crippen molar-refractivity contribution in [3.63, 3.8) is 0 Å². The predicted molar refractivity (Wildman–Crippen MR) is 77.7 cm³/mol. The van der Waals surface area contributed by atoms with Gasteiger partial charge in [0.25, 0.3) is 5.91 Å². The minimum Gasteiger partial charge on any atom is -0.391 e. The first-order valence-corrected chi connectivity index (χ1v) is 7.59. The summed E-state index contributed by atoms with van der Waals surface area (Å²) in [6.45, 7) is 6.77. The number of rotatable bonds is 4. The van der Waals surface area contributed by atoms with Gasteiger partial charge in [-0.25, -0.2) is 0 Å². The van der Waals surface area contributed by atoms with E-state index in [0.29, 0.717) is 18.2 Å². The highest BCUT2D eigenvalue weighted by atomic mass is 16.3. The van der Waals surface area contributed by atoms with Crippen LogP contribution in [0.1, 0.15) is 68.6 Å². The van der Waals surface area contributed by atoms with Gasteiger partial charge < -0.3 is 10.4 Å². The van der Waals surface area contributed by atoms with Crippen LogP contribution in [0.5, 0.6) is 0 Å². The molecular weight excluding hydrogens is 254 g/mol. The summed E-state index contributed by atoms with van der Waals surface area (Å²) in [5.41, 5.74) is 1.52. The normalized spacial score (nSPS) is 23.1. The molecule has 112 valence electrons. The van der Waals surface area contributed by atoms with Crippen LogP contribution in [0, 0.1) is 0 Å². The van der Waals surface area contributed by atoms with E-state index in [1.165, 1.54) is 0 Å². The number of amides is 1. The van der Waals surface area contributed by atoms with Gasteiger partial charge in [-0.1, -0.05) is 26.7 Å². The third-order valence-corrected chi connectivity index (χ3v) is 3.97. The standard InChI is InChI=1S/C15H25N3O2/c1-4-18-13(9-12(17-18)10(2)3)15(20)16-11-7-5-6-8-14(11)19/h9-11,14,19H,4-8H2,1-3H3,(H,16,20)/t11-,14-/m1/s1. The molecule has 0 aromatic carbocycles. The van der Waals surface area contributed by atoms with Crippen molar-refractivity contribution in [3.8, 4) is 0 Å². The number of aromatic nitrogens is 2. The summed E-state index contributed by atoms with van der Waals surface area (Å²) in [6.07, 6.45) is 3.30. The number of aliphatic hydroxyl groups is 1. The van der Waals surface area contributed by atoms with E-state index in [4.69, 9.17) is 0 Å². The van der Waals surface area contributed by atoms with Crippen molar-refractivity contribution >= 4 is 5.91 Å². The molecule has 2 N–H and O–H groups in total. The topological polar surface area (TPSA) is 67.2 Å². The number of nitrogens with one attached hydrogen (secondary N) is 1. The van der Waals surface area contributed by atoms with Crippen LogP contribution in [0.15, 0.2) is 6.07 Å². The lowest BCUT2D eigenvalue weighted by atomic mass is 9.92. The van der Waals surface area contributed by atoms with Crippen LogP contribution in [0.3, 0.4) is 0 Å². The maximum absolute atomic E-state index is 12.4. The first-order chi connectivity index (χ1) is 9.52. The van der Waals surface area contributed by atoms with Gasteiger partial charge in [-0.15, -0.1) is 0 Å². The minimum atomic E-state index is -0.421. The molecule has 2 rings (SSSR count). The van der Waals surface area contributed by atoms with Crippen LogP contribution in [0.4, 0.5) is 0 Å². The Balaban J connectivity index is 2.11. The zero-order chi connectivity index (χ0) is 14.7.